The van der Waals surface area contributed by atoms with E-state index < -0.39 is 16.4 Å². The third-order valence-corrected chi connectivity index (χ3v) is 2.82. The molecule has 0 unspecified atom stereocenters. The molecule has 0 fully saturated rings. The SMILES string of the molecule is C[C@H](NCc1cccc([N+](=O)[O-])c1F)c1ccco1. The number of hydrogen-bond acceptors (Lipinski definition) is 4. The molecular weight excluding hydrogens is 251 g/mol. The zero-order valence-electron chi connectivity index (χ0n) is 10.3. The van der Waals surface area contributed by atoms with Gasteiger partial charge in [0.15, 0.2) is 0 Å². The van der Waals surface area contributed by atoms with E-state index in [1.165, 1.54) is 12.1 Å². The first kappa shape index (κ1) is 13.2. The van der Waals surface area contributed by atoms with Crippen LogP contribution in [-0.4, -0.2) is 4.92 Å². The summed E-state index contributed by atoms with van der Waals surface area (Å²) in [6.45, 7) is 2.06. The zero-order chi connectivity index (χ0) is 13.8. The first-order chi connectivity index (χ1) is 9.09. The highest BCUT2D eigenvalue weighted by molar-refractivity contribution is 5.36. The van der Waals surface area contributed by atoms with E-state index in [4.69, 9.17) is 4.42 Å². The molecule has 0 aliphatic carbocycles. The third-order valence-electron chi connectivity index (χ3n) is 2.82. The minimum Gasteiger partial charge on any atom is -0.468 e. The molecule has 5 nitrogen and oxygen atoms in total. The molecule has 0 spiro atoms. The number of halogens is 1. The molecule has 1 aromatic carbocycles. The Kier molecular flexibility index (Phi) is 3.91. The normalized spacial score (nSPS) is 12.3. The van der Waals surface area contributed by atoms with Gasteiger partial charge in [0, 0.05) is 18.2 Å². The van der Waals surface area contributed by atoms with Crippen molar-refractivity contribution in [3.63, 3.8) is 0 Å². The lowest BCUT2D eigenvalue weighted by Gasteiger charge is -2.11. The van der Waals surface area contributed by atoms with Crippen LogP contribution in [0.2, 0.25) is 0 Å². The maximum absolute atomic E-state index is 13.8. The number of nitrogens with one attached hydrogen (secondary N) is 1. The van der Waals surface area contributed by atoms with Crippen LogP contribution in [0.4, 0.5) is 10.1 Å². The van der Waals surface area contributed by atoms with E-state index in [0.717, 1.165) is 11.8 Å². The maximum atomic E-state index is 13.8. The number of benzene rings is 1. The molecule has 2 aromatic rings. The molecule has 1 heterocycles. The first-order valence-electron chi connectivity index (χ1n) is 5.78. The van der Waals surface area contributed by atoms with Gasteiger partial charge in [-0.05, 0) is 19.1 Å². The van der Waals surface area contributed by atoms with Gasteiger partial charge in [-0.3, -0.25) is 10.1 Å². The standard InChI is InChI=1S/C13H13FN2O3/c1-9(12-6-3-7-19-12)15-8-10-4-2-5-11(13(10)14)16(17)18/h2-7,9,15H,8H2,1H3/t9-/m0/s1. The van der Waals surface area contributed by atoms with Crippen molar-refractivity contribution < 1.29 is 13.7 Å². The largest absolute Gasteiger partial charge is 0.468 e. The first-order valence-corrected chi connectivity index (χ1v) is 5.78. The highest BCUT2D eigenvalue weighted by Gasteiger charge is 2.17. The van der Waals surface area contributed by atoms with Gasteiger partial charge in [-0.15, -0.1) is 0 Å². The van der Waals surface area contributed by atoms with Gasteiger partial charge in [0.2, 0.25) is 5.82 Å². The van der Waals surface area contributed by atoms with Gasteiger partial charge in [0.1, 0.15) is 5.76 Å². The lowest BCUT2D eigenvalue weighted by Crippen LogP contribution is -2.18. The van der Waals surface area contributed by atoms with Crippen LogP contribution >= 0.6 is 0 Å². The van der Waals surface area contributed by atoms with E-state index >= 15 is 0 Å². The van der Waals surface area contributed by atoms with Crippen molar-refractivity contribution in [1.82, 2.24) is 5.32 Å². The maximum Gasteiger partial charge on any atom is 0.305 e. The Morgan fingerprint density at radius 1 is 1.42 bits per heavy atom. The van der Waals surface area contributed by atoms with Crippen molar-refractivity contribution in [2.24, 2.45) is 0 Å². The van der Waals surface area contributed by atoms with Crippen molar-refractivity contribution in [3.05, 3.63) is 63.9 Å². The molecule has 6 heteroatoms. The smallest absolute Gasteiger partial charge is 0.305 e. The van der Waals surface area contributed by atoms with E-state index in [1.54, 1.807) is 12.3 Å². The Balaban J connectivity index is 2.08. The molecule has 0 saturated carbocycles. The van der Waals surface area contributed by atoms with Crippen LogP contribution < -0.4 is 5.32 Å². The molecular formula is C13H13FN2O3. The highest BCUT2D eigenvalue weighted by atomic mass is 19.1. The van der Waals surface area contributed by atoms with Crippen molar-refractivity contribution in [1.29, 1.82) is 0 Å². The van der Waals surface area contributed by atoms with E-state index in [2.05, 4.69) is 5.32 Å². The molecule has 1 atom stereocenters. The van der Waals surface area contributed by atoms with Crippen molar-refractivity contribution in [2.45, 2.75) is 19.5 Å². The van der Waals surface area contributed by atoms with Crippen LogP contribution in [0.25, 0.3) is 0 Å². The lowest BCUT2D eigenvalue weighted by molar-refractivity contribution is -0.387. The molecule has 0 radical (unpaired) electrons. The van der Waals surface area contributed by atoms with Gasteiger partial charge in [0.25, 0.3) is 0 Å². The molecule has 0 aliphatic heterocycles. The van der Waals surface area contributed by atoms with Crippen molar-refractivity contribution >= 4 is 5.69 Å². The fourth-order valence-electron chi connectivity index (χ4n) is 1.75. The number of furan rings is 1. The van der Waals surface area contributed by atoms with Gasteiger partial charge in [-0.1, -0.05) is 12.1 Å². The number of rotatable bonds is 5. The average Bonchev–Trinajstić information content (AvgIpc) is 2.90. The molecule has 19 heavy (non-hydrogen) atoms. The summed E-state index contributed by atoms with van der Waals surface area (Å²) in [7, 11) is 0. The molecule has 1 aromatic heterocycles. The average molecular weight is 264 g/mol. The summed E-state index contributed by atoms with van der Waals surface area (Å²) in [6.07, 6.45) is 1.56. The van der Waals surface area contributed by atoms with E-state index in [0.29, 0.717) is 0 Å². The molecule has 2 rings (SSSR count). The Morgan fingerprint density at radius 2 is 2.21 bits per heavy atom. The fourth-order valence-corrected chi connectivity index (χ4v) is 1.75. The second-order valence-corrected chi connectivity index (χ2v) is 4.13. The number of nitro groups is 1. The van der Waals surface area contributed by atoms with Crippen LogP contribution in [0.3, 0.4) is 0 Å². The topological polar surface area (TPSA) is 68.3 Å². The predicted octanol–water partition coefficient (Wildman–Crippen LogP) is 3.18. The Morgan fingerprint density at radius 3 is 2.84 bits per heavy atom. The molecule has 0 amide bonds. The Hall–Kier alpha value is -2.21. The monoisotopic (exact) mass is 264 g/mol. The van der Waals surface area contributed by atoms with Crippen molar-refractivity contribution in [2.75, 3.05) is 0 Å². The summed E-state index contributed by atoms with van der Waals surface area (Å²) in [5.41, 5.74) is -0.252. The molecule has 0 saturated heterocycles. The van der Waals surface area contributed by atoms with E-state index in [-0.39, 0.29) is 18.2 Å². The minimum absolute atomic E-state index is 0.103. The van der Waals surface area contributed by atoms with Crippen LogP contribution in [0.1, 0.15) is 24.3 Å². The molecule has 1 N–H and O–H groups in total. The molecule has 0 bridgehead atoms. The van der Waals surface area contributed by atoms with Gasteiger partial charge >= 0.3 is 5.69 Å². The van der Waals surface area contributed by atoms with Crippen LogP contribution in [0, 0.1) is 15.9 Å². The van der Waals surface area contributed by atoms with Gasteiger partial charge < -0.3 is 9.73 Å². The third kappa shape index (κ3) is 2.97. The lowest BCUT2D eigenvalue weighted by atomic mass is 10.1. The summed E-state index contributed by atoms with van der Waals surface area (Å²) < 4.78 is 19.0. The highest BCUT2D eigenvalue weighted by Crippen LogP contribution is 2.21. The summed E-state index contributed by atoms with van der Waals surface area (Å²) in [5, 5.41) is 13.7. The van der Waals surface area contributed by atoms with Gasteiger partial charge in [-0.2, -0.15) is 4.39 Å². The van der Waals surface area contributed by atoms with Crippen molar-refractivity contribution in [3.8, 4) is 0 Å². The predicted molar refractivity (Wildman–Crippen MR) is 67.0 cm³/mol. The fraction of sp³-hybridized carbons (Fsp3) is 0.231. The van der Waals surface area contributed by atoms with Gasteiger partial charge in [0.05, 0.1) is 17.2 Å². The van der Waals surface area contributed by atoms with Crippen LogP contribution in [0.5, 0.6) is 0 Å². The Labute approximate surface area is 109 Å². The van der Waals surface area contributed by atoms with E-state index in [1.807, 2.05) is 13.0 Å². The van der Waals surface area contributed by atoms with Gasteiger partial charge in [-0.25, -0.2) is 0 Å². The molecule has 100 valence electrons. The number of hydrogen-bond donors (Lipinski definition) is 1. The number of nitro benzene ring substituents is 1. The second kappa shape index (κ2) is 5.62. The van der Waals surface area contributed by atoms with Crippen LogP contribution in [-0.2, 0) is 6.54 Å². The zero-order valence-corrected chi connectivity index (χ0v) is 10.3. The second-order valence-electron chi connectivity index (χ2n) is 4.13. The summed E-state index contributed by atoms with van der Waals surface area (Å²) >= 11 is 0. The molecule has 0 aliphatic rings. The quantitative estimate of drug-likeness (QED) is 0.665. The van der Waals surface area contributed by atoms with E-state index in [9.17, 15) is 14.5 Å². The summed E-state index contributed by atoms with van der Waals surface area (Å²) in [4.78, 5) is 9.90. The minimum atomic E-state index is -0.799. The summed E-state index contributed by atoms with van der Waals surface area (Å²) in [6, 6.07) is 7.60. The summed E-state index contributed by atoms with van der Waals surface area (Å²) in [5.74, 6) is -0.0718. The Bertz CT molecular complexity index is 569. The number of nitrogens with zero attached hydrogens (tertiary/aromatic N) is 1. The van der Waals surface area contributed by atoms with Crippen LogP contribution in [0.15, 0.2) is 41.0 Å².